The van der Waals surface area contributed by atoms with Gasteiger partial charge in [0.25, 0.3) is 0 Å². The summed E-state index contributed by atoms with van der Waals surface area (Å²) in [5, 5.41) is 4.19. The summed E-state index contributed by atoms with van der Waals surface area (Å²) in [4.78, 5) is 4.57. The maximum Gasteiger partial charge on any atom is 0.125 e. The van der Waals surface area contributed by atoms with Crippen molar-refractivity contribution >= 4 is 22.6 Å². The molecule has 0 fully saturated rings. The van der Waals surface area contributed by atoms with Gasteiger partial charge in [0.05, 0.1) is 36.3 Å². The molecule has 0 saturated heterocycles. The molecule has 3 aromatic rings. The first-order valence-corrected chi connectivity index (χ1v) is 6.82. The minimum Gasteiger partial charge on any atom is -0.497 e. The number of methoxy groups -OCH3 is 1. The Balaban J connectivity index is 2.10. The zero-order chi connectivity index (χ0) is 14.1. The van der Waals surface area contributed by atoms with Gasteiger partial charge < -0.3 is 9.30 Å². The summed E-state index contributed by atoms with van der Waals surface area (Å²) in [5.41, 5.74) is 3.04. The SMILES string of the molecule is COc1ccc2c(c1)nc(CCl)n2Cc1ccnn1C. The fourth-order valence-corrected chi connectivity index (χ4v) is 2.49. The molecule has 0 aliphatic rings. The van der Waals surface area contributed by atoms with Gasteiger partial charge in [0.2, 0.25) is 0 Å². The van der Waals surface area contributed by atoms with Crippen molar-refractivity contribution in [2.75, 3.05) is 7.11 Å². The number of fused-ring (bicyclic) bond motifs is 1. The molecule has 0 radical (unpaired) electrons. The van der Waals surface area contributed by atoms with Crippen molar-refractivity contribution in [1.82, 2.24) is 19.3 Å². The van der Waals surface area contributed by atoms with E-state index >= 15 is 0 Å². The molecule has 3 rings (SSSR count). The van der Waals surface area contributed by atoms with Crippen LogP contribution in [0.2, 0.25) is 0 Å². The number of aryl methyl sites for hydroxylation is 1. The van der Waals surface area contributed by atoms with E-state index in [1.54, 1.807) is 13.3 Å². The summed E-state index contributed by atoms with van der Waals surface area (Å²) in [7, 11) is 3.58. The van der Waals surface area contributed by atoms with Gasteiger partial charge in [-0.25, -0.2) is 4.98 Å². The zero-order valence-corrected chi connectivity index (χ0v) is 12.1. The maximum atomic E-state index is 6.02. The second-order valence-electron chi connectivity index (χ2n) is 4.55. The Morgan fingerprint density at radius 1 is 1.30 bits per heavy atom. The lowest BCUT2D eigenvalue weighted by Crippen LogP contribution is -2.08. The van der Waals surface area contributed by atoms with E-state index in [-0.39, 0.29) is 0 Å². The highest BCUT2D eigenvalue weighted by Gasteiger charge is 2.12. The van der Waals surface area contributed by atoms with Crippen molar-refractivity contribution in [3.05, 3.63) is 42.0 Å². The van der Waals surface area contributed by atoms with Gasteiger partial charge in [-0.15, -0.1) is 11.6 Å². The number of halogens is 1. The molecule has 0 atom stereocenters. The van der Waals surface area contributed by atoms with Crippen molar-refractivity contribution < 1.29 is 4.74 Å². The number of nitrogens with zero attached hydrogens (tertiary/aromatic N) is 4. The number of alkyl halides is 1. The summed E-state index contributed by atoms with van der Waals surface area (Å²) >= 11 is 6.02. The Hall–Kier alpha value is -2.01. The number of benzene rings is 1. The van der Waals surface area contributed by atoms with Crippen LogP contribution in [0.5, 0.6) is 5.75 Å². The lowest BCUT2D eigenvalue weighted by atomic mass is 10.3. The first-order valence-electron chi connectivity index (χ1n) is 6.29. The van der Waals surface area contributed by atoms with Crippen LogP contribution in [-0.4, -0.2) is 26.4 Å². The molecule has 104 valence electrons. The first-order chi connectivity index (χ1) is 9.72. The highest BCUT2D eigenvalue weighted by atomic mass is 35.5. The third kappa shape index (κ3) is 2.14. The van der Waals surface area contributed by atoms with Crippen molar-refractivity contribution in [3.8, 4) is 5.75 Å². The smallest absolute Gasteiger partial charge is 0.125 e. The highest BCUT2D eigenvalue weighted by Crippen LogP contribution is 2.23. The van der Waals surface area contributed by atoms with E-state index in [9.17, 15) is 0 Å². The quantitative estimate of drug-likeness (QED) is 0.694. The normalized spacial score (nSPS) is 11.2. The number of ether oxygens (including phenoxy) is 1. The number of rotatable bonds is 4. The van der Waals surface area contributed by atoms with Gasteiger partial charge in [-0.1, -0.05) is 0 Å². The van der Waals surface area contributed by atoms with Gasteiger partial charge >= 0.3 is 0 Å². The molecule has 20 heavy (non-hydrogen) atoms. The van der Waals surface area contributed by atoms with E-state index in [2.05, 4.69) is 14.6 Å². The second kappa shape index (κ2) is 5.17. The maximum absolute atomic E-state index is 6.02. The van der Waals surface area contributed by atoms with E-state index in [0.29, 0.717) is 12.4 Å². The average molecular weight is 291 g/mol. The van der Waals surface area contributed by atoms with Gasteiger partial charge in [0.1, 0.15) is 11.6 Å². The fraction of sp³-hybridized carbons (Fsp3) is 0.286. The standard InChI is InChI=1S/C14H15ClN4O/c1-18-10(5-6-16-18)9-19-13-4-3-11(20-2)7-12(13)17-14(19)8-15/h3-7H,8-9H2,1-2H3. The first kappa shape index (κ1) is 13.0. The second-order valence-corrected chi connectivity index (χ2v) is 4.82. The van der Waals surface area contributed by atoms with Crippen LogP contribution in [0.1, 0.15) is 11.5 Å². The number of hydrogen-bond donors (Lipinski definition) is 0. The summed E-state index contributed by atoms with van der Waals surface area (Å²) in [6, 6.07) is 7.86. The van der Waals surface area contributed by atoms with Crippen LogP contribution in [-0.2, 0) is 19.5 Å². The van der Waals surface area contributed by atoms with Crippen LogP contribution >= 0.6 is 11.6 Å². The topological polar surface area (TPSA) is 44.9 Å². The molecule has 0 aliphatic heterocycles. The van der Waals surface area contributed by atoms with Crippen molar-refractivity contribution in [3.63, 3.8) is 0 Å². The van der Waals surface area contributed by atoms with E-state index in [1.165, 1.54) is 0 Å². The Bertz CT molecular complexity index is 747. The molecule has 2 heterocycles. The number of aromatic nitrogens is 4. The largest absolute Gasteiger partial charge is 0.497 e. The molecule has 0 aliphatic carbocycles. The van der Waals surface area contributed by atoms with Gasteiger partial charge in [-0.05, 0) is 18.2 Å². The van der Waals surface area contributed by atoms with Crippen LogP contribution in [0.3, 0.4) is 0 Å². The van der Waals surface area contributed by atoms with Crippen molar-refractivity contribution in [1.29, 1.82) is 0 Å². The fourth-order valence-electron chi connectivity index (χ4n) is 2.28. The summed E-state index contributed by atoms with van der Waals surface area (Å²) in [5.74, 6) is 2.01. The third-order valence-electron chi connectivity index (χ3n) is 3.40. The number of hydrogen-bond acceptors (Lipinski definition) is 3. The molecule has 0 bridgehead atoms. The predicted octanol–water partition coefficient (Wildman–Crippen LogP) is 2.57. The molecule has 2 aromatic heterocycles. The zero-order valence-electron chi connectivity index (χ0n) is 11.4. The Kier molecular flexibility index (Phi) is 3.36. The molecule has 0 unspecified atom stereocenters. The van der Waals surface area contributed by atoms with Gasteiger partial charge in [-0.3, -0.25) is 4.68 Å². The van der Waals surface area contributed by atoms with Crippen LogP contribution in [0, 0.1) is 0 Å². The van der Waals surface area contributed by atoms with Gasteiger partial charge in [0.15, 0.2) is 0 Å². The van der Waals surface area contributed by atoms with Gasteiger partial charge in [0, 0.05) is 19.3 Å². The Morgan fingerprint density at radius 2 is 2.15 bits per heavy atom. The van der Waals surface area contributed by atoms with E-state index < -0.39 is 0 Å². The predicted molar refractivity (Wildman–Crippen MR) is 78.2 cm³/mol. The summed E-state index contributed by atoms with van der Waals surface area (Å²) < 4.78 is 9.20. The lowest BCUT2D eigenvalue weighted by Gasteiger charge is -2.08. The Morgan fingerprint density at radius 3 is 2.80 bits per heavy atom. The van der Waals surface area contributed by atoms with Crippen LogP contribution in [0.4, 0.5) is 0 Å². The van der Waals surface area contributed by atoms with E-state index in [0.717, 1.165) is 28.3 Å². The van der Waals surface area contributed by atoms with Crippen molar-refractivity contribution in [2.24, 2.45) is 7.05 Å². The summed E-state index contributed by atoms with van der Waals surface area (Å²) in [6.45, 7) is 0.696. The average Bonchev–Trinajstić information content (AvgIpc) is 3.03. The molecule has 0 amide bonds. The summed E-state index contributed by atoms with van der Waals surface area (Å²) in [6.07, 6.45) is 1.79. The molecule has 0 saturated carbocycles. The molecular weight excluding hydrogens is 276 g/mol. The monoisotopic (exact) mass is 290 g/mol. The van der Waals surface area contributed by atoms with Crippen LogP contribution in [0.15, 0.2) is 30.5 Å². The van der Waals surface area contributed by atoms with E-state index in [4.69, 9.17) is 16.3 Å². The van der Waals surface area contributed by atoms with Gasteiger partial charge in [-0.2, -0.15) is 5.10 Å². The van der Waals surface area contributed by atoms with Crippen molar-refractivity contribution in [2.45, 2.75) is 12.4 Å². The minimum atomic E-state index is 0.370. The van der Waals surface area contributed by atoms with Crippen LogP contribution in [0.25, 0.3) is 11.0 Å². The Labute approximate surface area is 121 Å². The third-order valence-corrected chi connectivity index (χ3v) is 3.64. The molecule has 5 nitrogen and oxygen atoms in total. The molecule has 6 heteroatoms. The minimum absolute atomic E-state index is 0.370. The van der Waals surface area contributed by atoms with E-state index in [1.807, 2.05) is 36.0 Å². The lowest BCUT2D eigenvalue weighted by molar-refractivity contribution is 0.415. The molecular formula is C14H15ClN4O. The molecule has 0 N–H and O–H groups in total. The number of imidazole rings is 1. The molecule has 0 spiro atoms. The highest BCUT2D eigenvalue weighted by molar-refractivity contribution is 6.16. The van der Waals surface area contributed by atoms with Crippen LogP contribution < -0.4 is 4.74 Å². The molecule has 1 aromatic carbocycles.